The van der Waals surface area contributed by atoms with Gasteiger partial charge in [0.05, 0.1) is 12.4 Å². The number of hydrogen-bond acceptors (Lipinski definition) is 4. The van der Waals surface area contributed by atoms with Gasteiger partial charge in [0.1, 0.15) is 0 Å². The smallest absolute Gasteiger partial charge is 0.219 e. The molecule has 2 aromatic heterocycles. The summed E-state index contributed by atoms with van der Waals surface area (Å²) in [5.41, 5.74) is 7.78. The Morgan fingerprint density at radius 2 is 2.10 bits per heavy atom. The molecule has 0 aromatic carbocycles. The van der Waals surface area contributed by atoms with Crippen LogP contribution in [0.4, 0.5) is 0 Å². The highest BCUT2D eigenvalue weighted by molar-refractivity contribution is 5.28. The van der Waals surface area contributed by atoms with Gasteiger partial charge < -0.3 is 10.5 Å². The van der Waals surface area contributed by atoms with Gasteiger partial charge in [-0.1, -0.05) is 20.3 Å². The predicted octanol–water partition coefficient (Wildman–Crippen LogP) is 2.89. The second-order valence-electron chi connectivity index (χ2n) is 4.80. The first-order valence-electron chi connectivity index (χ1n) is 7.15. The van der Waals surface area contributed by atoms with Gasteiger partial charge in [-0.25, -0.2) is 4.98 Å². The molecule has 2 aromatic rings. The minimum atomic E-state index is 0.491. The Balaban J connectivity index is 2.16. The number of nitrogens with zero attached hydrogens (tertiary/aromatic N) is 3. The third-order valence-electron chi connectivity index (χ3n) is 2.94. The van der Waals surface area contributed by atoms with Crippen LogP contribution in [0.1, 0.15) is 37.9 Å². The molecule has 0 aliphatic rings. The number of rotatable bonds is 7. The molecule has 5 heteroatoms. The molecule has 0 saturated heterocycles. The molecule has 2 N–H and O–H groups in total. The highest BCUT2D eigenvalue weighted by Crippen LogP contribution is 2.21. The summed E-state index contributed by atoms with van der Waals surface area (Å²) >= 11 is 0. The molecule has 0 radical (unpaired) electrons. The molecular formula is C15H22N4O. The van der Waals surface area contributed by atoms with E-state index in [4.69, 9.17) is 10.5 Å². The third kappa shape index (κ3) is 3.81. The predicted molar refractivity (Wildman–Crippen MR) is 78.7 cm³/mol. The maximum atomic E-state index is 5.78. The van der Waals surface area contributed by atoms with Gasteiger partial charge in [0.2, 0.25) is 5.88 Å². The molecule has 108 valence electrons. The monoisotopic (exact) mass is 274 g/mol. The van der Waals surface area contributed by atoms with E-state index in [1.165, 1.54) is 0 Å². The fourth-order valence-corrected chi connectivity index (χ4v) is 2.04. The van der Waals surface area contributed by atoms with Crippen molar-refractivity contribution in [3.05, 3.63) is 35.8 Å². The lowest BCUT2D eigenvalue weighted by Gasteiger charge is -2.07. The van der Waals surface area contributed by atoms with E-state index in [2.05, 4.69) is 23.9 Å². The van der Waals surface area contributed by atoms with Crippen molar-refractivity contribution < 1.29 is 4.74 Å². The van der Waals surface area contributed by atoms with Crippen molar-refractivity contribution in [1.29, 1.82) is 0 Å². The summed E-state index contributed by atoms with van der Waals surface area (Å²) < 4.78 is 7.65. The number of aryl methyl sites for hydroxylation is 2. The fourth-order valence-electron chi connectivity index (χ4n) is 2.04. The highest BCUT2D eigenvalue weighted by atomic mass is 16.5. The van der Waals surface area contributed by atoms with E-state index in [0.29, 0.717) is 18.2 Å². The van der Waals surface area contributed by atoms with Crippen LogP contribution in [-0.4, -0.2) is 14.8 Å². The Morgan fingerprint density at radius 1 is 1.25 bits per heavy atom. The molecule has 0 atom stereocenters. The van der Waals surface area contributed by atoms with Crippen molar-refractivity contribution in [3.8, 4) is 11.6 Å². The van der Waals surface area contributed by atoms with Crippen LogP contribution < -0.4 is 10.5 Å². The van der Waals surface area contributed by atoms with Crippen molar-refractivity contribution in [2.45, 2.75) is 46.2 Å². The van der Waals surface area contributed by atoms with Crippen LogP contribution in [0, 0.1) is 0 Å². The lowest BCUT2D eigenvalue weighted by Crippen LogP contribution is -2.01. The van der Waals surface area contributed by atoms with Gasteiger partial charge in [-0.3, -0.25) is 4.68 Å². The number of hydrogen-bond donors (Lipinski definition) is 1. The molecule has 0 bridgehead atoms. The lowest BCUT2D eigenvalue weighted by molar-refractivity contribution is 0.458. The van der Waals surface area contributed by atoms with Gasteiger partial charge in [-0.2, -0.15) is 5.10 Å². The van der Waals surface area contributed by atoms with E-state index in [1.54, 1.807) is 6.20 Å². The van der Waals surface area contributed by atoms with E-state index in [-0.39, 0.29) is 0 Å². The van der Waals surface area contributed by atoms with Crippen LogP contribution in [0.2, 0.25) is 0 Å². The first-order chi connectivity index (χ1) is 9.75. The molecule has 20 heavy (non-hydrogen) atoms. The molecule has 2 heterocycles. The topological polar surface area (TPSA) is 66.0 Å². The zero-order chi connectivity index (χ0) is 14.4. The average Bonchev–Trinajstić information content (AvgIpc) is 2.86. The number of aromatic nitrogens is 3. The first kappa shape index (κ1) is 14.5. The van der Waals surface area contributed by atoms with Gasteiger partial charge in [0, 0.05) is 24.8 Å². The third-order valence-corrected chi connectivity index (χ3v) is 2.94. The van der Waals surface area contributed by atoms with Crippen LogP contribution in [0.5, 0.6) is 11.6 Å². The van der Waals surface area contributed by atoms with Crippen LogP contribution in [-0.2, 0) is 19.5 Å². The Labute approximate surface area is 119 Å². The second-order valence-corrected chi connectivity index (χ2v) is 4.80. The van der Waals surface area contributed by atoms with Gasteiger partial charge in [-0.15, -0.1) is 0 Å². The summed E-state index contributed by atoms with van der Waals surface area (Å²) in [7, 11) is 0. The van der Waals surface area contributed by atoms with Crippen molar-refractivity contribution in [3.63, 3.8) is 0 Å². The zero-order valence-corrected chi connectivity index (χ0v) is 12.2. The summed E-state index contributed by atoms with van der Waals surface area (Å²) in [5.74, 6) is 1.30. The van der Waals surface area contributed by atoms with Crippen molar-refractivity contribution in [1.82, 2.24) is 14.8 Å². The van der Waals surface area contributed by atoms with Crippen molar-refractivity contribution in [2.24, 2.45) is 5.73 Å². The van der Waals surface area contributed by atoms with Gasteiger partial charge in [0.15, 0.2) is 5.75 Å². The Morgan fingerprint density at radius 3 is 2.80 bits per heavy atom. The van der Waals surface area contributed by atoms with E-state index >= 15 is 0 Å². The standard InChI is InChI=1S/C15H22N4O/c1-3-5-13-7-12(9-16)8-15(18-13)20-14-10-17-19(11-14)6-4-2/h7-8,10-11H,3-6,9,16H2,1-2H3. The largest absolute Gasteiger partial charge is 0.436 e. The second kappa shape index (κ2) is 7.05. The molecule has 2 rings (SSSR count). The molecule has 0 aliphatic heterocycles. The zero-order valence-electron chi connectivity index (χ0n) is 12.2. The number of nitrogens with two attached hydrogens (primary N) is 1. The summed E-state index contributed by atoms with van der Waals surface area (Å²) in [6.45, 7) is 5.63. The minimum Gasteiger partial charge on any atom is -0.436 e. The number of ether oxygens (including phenoxy) is 1. The van der Waals surface area contributed by atoms with Crippen LogP contribution >= 0.6 is 0 Å². The highest BCUT2D eigenvalue weighted by Gasteiger charge is 2.06. The molecule has 0 aliphatic carbocycles. The quantitative estimate of drug-likeness (QED) is 0.843. The molecule has 0 amide bonds. The Kier molecular flexibility index (Phi) is 5.12. The Bertz CT molecular complexity index is 551. The van der Waals surface area contributed by atoms with E-state index in [0.717, 1.165) is 37.1 Å². The molecule has 0 unspecified atom stereocenters. The fraction of sp³-hybridized carbons (Fsp3) is 0.467. The van der Waals surface area contributed by atoms with Gasteiger partial charge in [-0.05, 0) is 24.5 Å². The molecule has 0 spiro atoms. The normalized spacial score (nSPS) is 10.8. The summed E-state index contributed by atoms with van der Waals surface area (Å²) in [4.78, 5) is 4.51. The summed E-state index contributed by atoms with van der Waals surface area (Å²) in [6.07, 6.45) is 6.63. The van der Waals surface area contributed by atoms with Crippen LogP contribution in [0.15, 0.2) is 24.5 Å². The lowest BCUT2D eigenvalue weighted by atomic mass is 10.1. The molecule has 5 nitrogen and oxygen atoms in total. The molecule has 0 saturated carbocycles. The van der Waals surface area contributed by atoms with E-state index in [9.17, 15) is 0 Å². The van der Waals surface area contributed by atoms with E-state index < -0.39 is 0 Å². The van der Waals surface area contributed by atoms with Crippen LogP contribution in [0.3, 0.4) is 0 Å². The first-order valence-corrected chi connectivity index (χ1v) is 7.15. The molecular weight excluding hydrogens is 252 g/mol. The van der Waals surface area contributed by atoms with Crippen LogP contribution in [0.25, 0.3) is 0 Å². The maximum absolute atomic E-state index is 5.78. The maximum Gasteiger partial charge on any atom is 0.219 e. The Hall–Kier alpha value is -1.88. The minimum absolute atomic E-state index is 0.491. The summed E-state index contributed by atoms with van der Waals surface area (Å²) in [5, 5.41) is 4.24. The van der Waals surface area contributed by atoms with E-state index in [1.807, 2.05) is 23.0 Å². The number of pyridine rings is 1. The molecule has 0 fully saturated rings. The summed E-state index contributed by atoms with van der Waals surface area (Å²) in [6, 6.07) is 3.92. The van der Waals surface area contributed by atoms with Crippen molar-refractivity contribution in [2.75, 3.05) is 0 Å². The van der Waals surface area contributed by atoms with Gasteiger partial charge >= 0.3 is 0 Å². The van der Waals surface area contributed by atoms with Crippen molar-refractivity contribution >= 4 is 0 Å². The van der Waals surface area contributed by atoms with Gasteiger partial charge in [0.25, 0.3) is 0 Å². The SMILES string of the molecule is CCCc1cc(CN)cc(Oc2cnn(CCC)c2)n1. The average molecular weight is 274 g/mol.